The molecule has 0 saturated heterocycles. The Balaban J connectivity index is 1.58. The number of thioether (sulfide) groups is 1. The molecule has 0 spiro atoms. The van der Waals surface area contributed by atoms with Crippen molar-refractivity contribution < 1.29 is 23.4 Å². The molecular formula is C25H32N4O5S. The zero-order chi connectivity index (χ0) is 25.2. The summed E-state index contributed by atoms with van der Waals surface area (Å²) in [4.78, 5) is 23.4. The molecule has 0 saturated carbocycles. The Labute approximate surface area is 210 Å². The Kier molecular flexibility index (Phi) is 9.80. The maximum Gasteiger partial charge on any atom is 0.287 e. The third-order valence-corrected chi connectivity index (χ3v) is 6.09. The zero-order valence-corrected chi connectivity index (χ0v) is 21.6. The van der Waals surface area contributed by atoms with Crippen molar-refractivity contribution in [2.75, 3.05) is 53.0 Å². The van der Waals surface area contributed by atoms with E-state index < -0.39 is 0 Å². The molecule has 9 nitrogen and oxygen atoms in total. The monoisotopic (exact) mass is 500 g/mol. The average molecular weight is 501 g/mol. The first kappa shape index (κ1) is 26.4. The highest BCUT2D eigenvalue weighted by Crippen LogP contribution is 2.28. The summed E-state index contributed by atoms with van der Waals surface area (Å²) in [6, 6.07) is 11.4. The van der Waals surface area contributed by atoms with Gasteiger partial charge >= 0.3 is 0 Å². The molecule has 0 aliphatic heterocycles. The summed E-state index contributed by atoms with van der Waals surface area (Å²) in [5.41, 5.74) is 2.03. The van der Waals surface area contributed by atoms with Gasteiger partial charge in [-0.25, -0.2) is 9.97 Å². The average Bonchev–Trinajstić information content (AvgIpc) is 3.35. The SMILES string of the molecule is COCCNC(=O)c1ccc(CSc2nc(C)cc(N(C)CCc3ccc(OC)c(OC)c3)n2)o1. The largest absolute Gasteiger partial charge is 0.493 e. The third kappa shape index (κ3) is 7.63. The highest BCUT2D eigenvalue weighted by atomic mass is 32.2. The molecule has 0 bridgehead atoms. The molecule has 0 aliphatic rings. The van der Waals surface area contributed by atoms with Crippen molar-refractivity contribution in [3.63, 3.8) is 0 Å². The number of methoxy groups -OCH3 is 3. The minimum atomic E-state index is -0.261. The van der Waals surface area contributed by atoms with E-state index in [1.165, 1.54) is 11.8 Å². The first-order chi connectivity index (χ1) is 16.9. The Morgan fingerprint density at radius 2 is 1.89 bits per heavy atom. The molecule has 1 aromatic carbocycles. The predicted molar refractivity (Wildman–Crippen MR) is 136 cm³/mol. The van der Waals surface area contributed by atoms with Crippen molar-refractivity contribution in [1.29, 1.82) is 0 Å². The van der Waals surface area contributed by atoms with Gasteiger partial charge in [0.15, 0.2) is 22.4 Å². The maximum atomic E-state index is 12.1. The van der Waals surface area contributed by atoms with Crippen LogP contribution in [-0.2, 0) is 16.9 Å². The molecule has 2 heterocycles. The predicted octanol–water partition coefficient (Wildman–Crippen LogP) is 3.74. The van der Waals surface area contributed by atoms with Gasteiger partial charge in [0.2, 0.25) is 0 Å². The molecule has 1 N–H and O–H groups in total. The highest BCUT2D eigenvalue weighted by molar-refractivity contribution is 7.98. The molecule has 0 atom stereocenters. The van der Waals surface area contributed by atoms with Crippen molar-refractivity contribution in [1.82, 2.24) is 15.3 Å². The molecular weight excluding hydrogens is 468 g/mol. The number of anilines is 1. The van der Waals surface area contributed by atoms with Crippen molar-refractivity contribution in [3.8, 4) is 11.5 Å². The molecule has 10 heteroatoms. The maximum absolute atomic E-state index is 12.1. The summed E-state index contributed by atoms with van der Waals surface area (Å²) in [6.45, 7) is 3.60. The standard InChI is InChI=1S/C25H32N4O5S/c1-17-14-23(29(2)12-10-18-6-8-20(32-4)22(15-18)33-5)28-25(27-17)35-16-19-7-9-21(34-19)24(30)26-11-13-31-3/h6-9,14-15H,10-13,16H2,1-5H3,(H,26,30). The van der Waals surface area contributed by atoms with Gasteiger partial charge in [0.1, 0.15) is 11.6 Å². The molecule has 3 aromatic rings. The van der Waals surface area contributed by atoms with Crippen molar-refractivity contribution in [2.45, 2.75) is 24.3 Å². The summed E-state index contributed by atoms with van der Waals surface area (Å²) in [5.74, 6) is 3.49. The van der Waals surface area contributed by atoms with Gasteiger partial charge in [0, 0.05) is 39.0 Å². The Bertz CT molecular complexity index is 1120. The van der Waals surface area contributed by atoms with Gasteiger partial charge in [-0.3, -0.25) is 4.79 Å². The number of amides is 1. The first-order valence-electron chi connectivity index (χ1n) is 11.2. The second kappa shape index (κ2) is 13.0. The zero-order valence-electron chi connectivity index (χ0n) is 20.8. The van der Waals surface area contributed by atoms with Crippen LogP contribution in [0.4, 0.5) is 5.82 Å². The topological polar surface area (TPSA) is 99.0 Å². The Morgan fingerprint density at radius 1 is 1.09 bits per heavy atom. The van der Waals surface area contributed by atoms with Crippen LogP contribution in [0.15, 0.2) is 46.0 Å². The van der Waals surface area contributed by atoms with Gasteiger partial charge in [0.05, 0.1) is 26.6 Å². The van der Waals surface area contributed by atoms with E-state index in [2.05, 4.69) is 15.2 Å². The number of nitrogens with one attached hydrogen (secondary N) is 1. The summed E-state index contributed by atoms with van der Waals surface area (Å²) in [5, 5.41) is 3.40. The number of carbonyl (C=O) groups excluding carboxylic acids is 1. The van der Waals surface area contributed by atoms with Gasteiger partial charge in [-0.05, 0) is 43.2 Å². The summed E-state index contributed by atoms with van der Waals surface area (Å²) >= 11 is 1.46. The summed E-state index contributed by atoms with van der Waals surface area (Å²) in [6.07, 6.45) is 0.823. The fourth-order valence-electron chi connectivity index (χ4n) is 3.30. The molecule has 0 unspecified atom stereocenters. The highest BCUT2D eigenvalue weighted by Gasteiger charge is 2.13. The van der Waals surface area contributed by atoms with Crippen molar-refractivity contribution >= 4 is 23.5 Å². The molecule has 0 aliphatic carbocycles. The number of aryl methyl sites for hydroxylation is 1. The van der Waals surface area contributed by atoms with Crippen LogP contribution in [0.5, 0.6) is 11.5 Å². The lowest BCUT2D eigenvalue weighted by Gasteiger charge is -2.19. The molecule has 35 heavy (non-hydrogen) atoms. The minimum absolute atomic E-state index is 0.261. The van der Waals surface area contributed by atoms with Crippen LogP contribution in [0.1, 0.15) is 27.6 Å². The fourth-order valence-corrected chi connectivity index (χ4v) is 4.09. The number of benzene rings is 1. The Morgan fingerprint density at radius 3 is 2.63 bits per heavy atom. The lowest BCUT2D eigenvalue weighted by molar-refractivity contribution is 0.0908. The van der Waals surface area contributed by atoms with E-state index in [4.69, 9.17) is 23.6 Å². The number of hydrogen-bond acceptors (Lipinski definition) is 9. The van der Waals surface area contributed by atoms with Crippen LogP contribution in [-0.4, -0.2) is 63.9 Å². The van der Waals surface area contributed by atoms with Gasteiger partial charge in [-0.15, -0.1) is 0 Å². The van der Waals surface area contributed by atoms with Crippen LogP contribution >= 0.6 is 11.8 Å². The number of likely N-dealkylation sites (N-methyl/N-ethyl adjacent to an activating group) is 1. The Hall–Kier alpha value is -3.24. The summed E-state index contributed by atoms with van der Waals surface area (Å²) < 4.78 is 21.3. The van der Waals surface area contributed by atoms with Crippen LogP contribution in [0.2, 0.25) is 0 Å². The van der Waals surface area contributed by atoms with Crippen LogP contribution in [0.25, 0.3) is 0 Å². The quantitative estimate of drug-likeness (QED) is 0.214. The van der Waals surface area contributed by atoms with Gasteiger partial charge < -0.3 is 28.8 Å². The number of ether oxygens (including phenoxy) is 3. The van der Waals surface area contributed by atoms with E-state index in [0.717, 1.165) is 35.8 Å². The van der Waals surface area contributed by atoms with Gasteiger partial charge in [0.25, 0.3) is 5.91 Å². The van der Waals surface area contributed by atoms with E-state index in [1.807, 2.05) is 38.2 Å². The lowest BCUT2D eigenvalue weighted by atomic mass is 10.1. The number of aromatic nitrogens is 2. The number of hydrogen-bond donors (Lipinski definition) is 1. The fraction of sp³-hybridized carbons (Fsp3) is 0.400. The van der Waals surface area contributed by atoms with E-state index in [1.54, 1.807) is 33.5 Å². The number of furan rings is 1. The van der Waals surface area contributed by atoms with Crippen LogP contribution in [0.3, 0.4) is 0 Å². The van der Waals surface area contributed by atoms with E-state index in [-0.39, 0.29) is 11.7 Å². The molecule has 0 fully saturated rings. The molecule has 1 amide bonds. The molecule has 0 radical (unpaired) electrons. The first-order valence-corrected chi connectivity index (χ1v) is 12.2. The lowest BCUT2D eigenvalue weighted by Crippen LogP contribution is -2.26. The van der Waals surface area contributed by atoms with Gasteiger partial charge in [-0.1, -0.05) is 17.8 Å². The number of rotatable bonds is 13. The van der Waals surface area contributed by atoms with Crippen LogP contribution < -0.4 is 19.7 Å². The normalized spacial score (nSPS) is 10.8. The van der Waals surface area contributed by atoms with Crippen molar-refractivity contribution in [3.05, 3.63) is 59.2 Å². The van der Waals surface area contributed by atoms with Crippen molar-refractivity contribution in [2.24, 2.45) is 0 Å². The number of nitrogens with zero attached hydrogens (tertiary/aromatic N) is 3. The third-order valence-electron chi connectivity index (χ3n) is 5.22. The van der Waals surface area contributed by atoms with Gasteiger partial charge in [-0.2, -0.15) is 0 Å². The van der Waals surface area contributed by atoms with E-state index in [9.17, 15) is 4.79 Å². The molecule has 3 rings (SSSR count). The minimum Gasteiger partial charge on any atom is -0.493 e. The van der Waals surface area contributed by atoms with E-state index in [0.29, 0.717) is 35.6 Å². The van der Waals surface area contributed by atoms with Crippen LogP contribution in [0, 0.1) is 6.92 Å². The molecule has 2 aromatic heterocycles. The second-order valence-electron chi connectivity index (χ2n) is 7.81. The molecule has 188 valence electrons. The van der Waals surface area contributed by atoms with E-state index >= 15 is 0 Å². The summed E-state index contributed by atoms with van der Waals surface area (Å²) in [7, 11) is 6.86. The second-order valence-corrected chi connectivity index (χ2v) is 8.76. The smallest absolute Gasteiger partial charge is 0.287 e. The number of carbonyl (C=O) groups is 1.